The van der Waals surface area contributed by atoms with Crippen LogP contribution >= 0.6 is 15.9 Å². The molecule has 1 rings (SSSR count). The van der Waals surface area contributed by atoms with Crippen LogP contribution in [0.25, 0.3) is 0 Å². The summed E-state index contributed by atoms with van der Waals surface area (Å²) >= 11 is 3.22. The molecule has 0 radical (unpaired) electrons. The van der Waals surface area contributed by atoms with E-state index in [1.54, 1.807) is 19.2 Å². The fourth-order valence-electron chi connectivity index (χ4n) is 1.41. The van der Waals surface area contributed by atoms with Gasteiger partial charge in [-0.15, -0.1) is 0 Å². The smallest absolute Gasteiger partial charge is 0.293 e. The normalized spacial score (nSPS) is 11.3. The second-order valence-electron chi connectivity index (χ2n) is 4.56. The van der Waals surface area contributed by atoms with E-state index in [9.17, 15) is 10.1 Å². The van der Waals surface area contributed by atoms with Crippen molar-refractivity contribution in [2.75, 3.05) is 19.0 Å². The van der Waals surface area contributed by atoms with Crippen molar-refractivity contribution in [1.29, 1.82) is 0 Å². The standard InChI is InChI=1S/C12H17BrN2O3/c1-12(2,18-3)6-7-14-10-5-4-9(13)8-11(10)15(16)17/h4-5,8,14H,6-7H2,1-3H3. The van der Waals surface area contributed by atoms with E-state index in [-0.39, 0.29) is 11.3 Å². The first kappa shape index (κ1) is 14.9. The number of rotatable bonds is 6. The van der Waals surface area contributed by atoms with Gasteiger partial charge in [0.2, 0.25) is 0 Å². The molecule has 5 nitrogen and oxygen atoms in total. The van der Waals surface area contributed by atoms with Gasteiger partial charge >= 0.3 is 0 Å². The molecule has 0 saturated heterocycles. The molecule has 0 saturated carbocycles. The minimum Gasteiger partial charge on any atom is -0.379 e. The van der Waals surface area contributed by atoms with E-state index in [0.717, 1.165) is 6.42 Å². The number of benzene rings is 1. The first-order valence-electron chi connectivity index (χ1n) is 5.59. The lowest BCUT2D eigenvalue weighted by Crippen LogP contribution is -2.25. The molecule has 0 heterocycles. The van der Waals surface area contributed by atoms with Crippen LogP contribution in [0.3, 0.4) is 0 Å². The van der Waals surface area contributed by atoms with Crippen molar-refractivity contribution >= 4 is 27.3 Å². The second-order valence-corrected chi connectivity index (χ2v) is 5.47. The van der Waals surface area contributed by atoms with Gasteiger partial charge in [-0.3, -0.25) is 10.1 Å². The van der Waals surface area contributed by atoms with Crippen LogP contribution in [0.2, 0.25) is 0 Å². The lowest BCUT2D eigenvalue weighted by molar-refractivity contribution is -0.384. The summed E-state index contributed by atoms with van der Waals surface area (Å²) < 4.78 is 5.98. The van der Waals surface area contributed by atoms with Crippen LogP contribution in [0, 0.1) is 10.1 Å². The topological polar surface area (TPSA) is 64.4 Å². The number of nitrogens with one attached hydrogen (secondary N) is 1. The van der Waals surface area contributed by atoms with E-state index in [4.69, 9.17) is 4.74 Å². The van der Waals surface area contributed by atoms with E-state index in [1.165, 1.54) is 6.07 Å². The van der Waals surface area contributed by atoms with Crippen LogP contribution in [0.15, 0.2) is 22.7 Å². The minimum absolute atomic E-state index is 0.0691. The van der Waals surface area contributed by atoms with Gasteiger partial charge < -0.3 is 10.1 Å². The molecule has 1 aromatic carbocycles. The van der Waals surface area contributed by atoms with Crippen molar-refractivity contribution in [3.05, 3.63) is 32.8 Å². The Bertz CT molecular complexity index is 435. The molecule has 0 spiro atoms. The molecule has 0 aliphatic rings. The maximum absolute atomic E-state index is 10.9. The highest BCUT2D eigenvalue weighted by atomic mass is 79.9. The summed E-state index contributed by atoms with van der Waals surface area (Å²) in [6.07, 6.45) is 0.761. The Morgan fingerprint density at radius 1 is 1.50 bits per heavy atom. The van der Waals surface area contributed by atoms with Gasteiger partial charge in [0.1, 0.15) is 5.69 Å². The quantitative estimate of drug-likeness (QED) is 0.643. The van der Waals surface area contributed by atoms with Gasteiger partial charge in [-0.25, -0.2) is 0 Å². The van der Waals surface area contributed by atoms with Crippen molar-refractivity contribution in [2.24, 2.45) is 0 Å². The van der Waals surface area contributed by atoms with Gasteiger partial charge in [-0.1, -0.05) is 15.9 Å². The minimum atomic E-state index is -0.394. The van der Waals surface area contributed by atoms with Gasteiger partial charge in [-0.2, -0.15) is 0 Å². The highest BCUT2D eigenvalue weighted by Crippen LogP contribution is 2.28. The Labute approximate surface area is 115 Å². The molecule has 1 aromatic rings. The Hall–Kier alpha value is -1.14. The predicted molar refractivity (Wildman–Crippen MR) is 75.0 cm³/mol. The molecule has 0 aliphatic heterocycles. The van der Waals surface area contributed by atoms with Crippen molar-refractivity contribution in [1.82, 2.24) is 0 Å². The van der Waals surface area contributed by atoms with Crippen LogP contribution in [-0.2, 0) is 4.74 Å². The first-order valence-corrected chi connectivity index (χ1v) is 6.38. The number of nitrogens with zero attached hydrogens (tertiary/aromatic N) is 1. The molecule has 0 aromatic heterocycles. The maximum Gasteiger partial charge on any atom is 0.293 e. The Kier molecular flexibility index (Phi) is 5.10. The zero-order valence-corrected chi connectivity index (χ0v) is 12.3. The third kappa shape index (κ3) is 4.27. The molecule has 1 N–H and O–H groups in total. The summed E-state index contributed by atoms with van der Waals surface area (Å²) in [6, 6.07) is 4.96. The molecule has 0 fully saturated rings. The zero-order valence-electron chi connectivity index (χ0n) is 10.7. The fraction of sp³-hybridized carbons (Fsp3) is 0.500. The Morgan fingerprint density at radius 3 is 2.72 bits per heavy atom. The molecule has 18 heavy (non-hydrogen) atoms. The molecular weight excluding hydrogens is 300 g/mol. The van der Waals surface area contributed by atoms with E-state index < -0.39 is 4.92 Å². The molecule has 0 bridgehead atoms. The van der Waals surface area contributed by atoms with E-state index >= 15 is 0 Å². The molecule has 0 unspecified atom stereocenters. The molecular formula is C12H17BrN2O3. The summed E-state index contributed by atoms with van der Waals surface area (Å²) in [6.45, 7) is 4.57. The number of halogens is 1. The van der Waals surface area contributed by atoms with Crippen molar-refractivity contribution in [3.63, 3.8) is 0 Å². The average Bonchev–Trinajstić information content (AvgIpc) is 2.30. The maximum atomic E-state index is 10.9. The van der Waals surface area contributed by atoms with Crippen molar-refractivity contribution in [3.8, 4) is 0 Å². The number of nitro benzene ring substituents is 1. The summed E-state index contributed by atoms with van der Waals surface area (Å²) in [4.78, 5) is 10.5. The first-order chi connectivity index (χ1) is 8.35. The van der Waals surface area contributed by atoms with E-state index in [1.807, 2.05) is 13.8 Å². The highest BCUT2D eigenvalue weighted by molar-refractivity contribution is 9.10. The summed E-state index contributed by atoms with van der Waals surface area (Å²) in [5.74, 6) is 0. The SMILES string of the molecule is COC(C)(C)CCNc1ccc(Br)cc1[N+](=O)[O-]. The molecule has 0 aliphatic carbocycles. The molecule has 6 heteroatoms. The summed E-state index contributed by atoms with van der Waals surface area (Å²) in [5.41, 5.74) is 0.353. The van der Waals surface area contributed by atoms with Crippen LogP contribution < -0.4 is 5.32 Å². The number of hydrogen-bond donors (Lipinski definition) is 1. The van der Waals surface area contributed by atoms with Gasteiger partial charge in [0, 0.05) is 24.2 Å². The van der Waals surface area contributed by atoms with E-state index in [0.29, 0.717) is 16.7 Å². The van der Waals surface area contributed by atoms with Gasteiger partial charge in [0.25, 0.3) is 5.69 Å². The summed E-state index contributed by atoms with van der Waals surface area (Å²) in [5, 5.41) is 14.0. The van der Waals surface area contributed by atoms with Crippen molar-refractivity contribution in [2.45, 2.75) is 25.9 Å². The fourth-order valence-corrected chi connectivity index (χ4v) is 1.75. The lowest BCUT2D eigenvalue weighted by Gasteiger charge is -2.23. The lowest BCUT2D eigenvalue weighted by atomic mass is 10.1. The molecule has 0 amide bonds. The largest absolute Gasteiger partial charge is 0.379 e. The molecule has 0 atom stereocenters. The van der Waals surface area contributed by atoms with Gasteiger partial charge in [0.05, 0.1) is 10.5 Å². The number of nitro groups is 1. The van der Waals surface area contributed by atoms with Crippen LogP contribution in [-0.4, -0.2) is 24.2 Å². The van der Waals surface area contributed by atoms with Crippen LogP contribution in [0.4, 0.5) is 11.4 Å². The third-order valence-corrected chi connectivity index (χ3v) is 3.24. The highest BCUT2D eigenvalue weighted by Gasteiger charge is 2.17. The van der Waals surface area contributed by atoms with E-state index in [2.05, 4.69) is 21.2 Å². The van der Waals surface area contributed by atoms with Gasteiger partial charge in [0.15, 0.2) is 0 Å². The second kappa shape index (κ2) is 6.15. The van der Waals surface area contributed by atoms with Crippen LogP contribution in [0.5, 0.6) is 0 Å². The number of hydrogen-bond acceptors (Lipinski definition) is 4. The number of ether oxygens (including phenoxy) is 1. The Morgan fingerprint density at radius 2 is 2.17 bits per heavy atom. The number of methoxy groups -OCH3 is 1. The van der Waals surface area contributed by atoms with Gasteiger partial charge in [-0.05, 0) is 32.4 Å². The monoisotopic (exact) mass is 316 g/mol. The van der Waals surface area contributed by atoms with Crippen molar-refractivity contribution < 1.29 is 9.66 Å². The third-order valence-electron chi connectivity index (χ3n) is 2.75. The molecule has 100 valence electrons. The van der Waals surface area contributed by atoms with Crippen LogP contribution in [0.1, 0.15) is 20.3 Å². The number of anilines is 1. The summed E-state index contributed by atoms with van der Waals surface area (Å²) in [7, 11) is 1.65. The predicted octanol–water partition coefficient (Wildman–Crippen LogP) is 3.58. The Balaban J connectivity index is 2.70. The average molecular weight is 317 g/mol. The zero-order chi connectivity index (χ0) is 13.8.